The van der Waals surface area contributed by atoms with Crippen LogP contribution in [0.2, 0.25) is 0 Å². The minimum atomic E-state index is 0.204. The van der Waals surface area contributed by atoms with Crippen LogP contribution in [0.25, 0.3) is 0 Å². The van der Waals surface area contributed by atoms with E-state index in [0.717, 1.165) is 5.56 Å². The van der Waals surface area contributed by atoms with Crippen molar-refractivity contribution in [3.63, 3.8) is 0 Å². The van der Waals surface area contributed by atoms with E-state index in [1.807, 2.05) is 13.8 Å². The van der Waals surface area contributed by atoms with Crippen molar-refractivity contribution in [1.82, 2.24) is 0 Å². The van der Waals surface area contributed by atoms with E-state index in [9.17, 15) is 0 Å². The van der Waals surface area contributed by atoms with Gasteiger partial charge in [0, 0.05) is 0 Å². The zero-order valence-corrected chi connectivity index (χ0v) is 7.23. The second-order valence-electron chi connectivity index (χ2n) is 1.84. The largest absolute Gasteiger partial charge is 0.508 e. The minimum absolute atomic E-state index is 0.204. The highest BCUT2D eigenvalue weighted by Gasteiger charge is 1.86. The summed E-state index contributed by atoms with van der Waals surface area (Å²) in [7, 11) is 0. The van der Waals surface area contributed by atoms with E-state index in [1.165, 1.54) is 18.3 Å². The Morgan fingerprint density at radius 2 is 1.67 bits per heavy atom. The van der Waals surface area contributed by atoms with Gasteiger partial charge in [-0.3, -0.25) is 0 Å². The maximum atomic E-state index is 8.82. The molecule has 3 nitrogen and oxygen atoms in total. The zero-order chi connectivity index (χ0) is 9.40. The number of oxime groups is 1. The third kappa shape index (κ3) is 3.61. The molecule has 0 aromatic heterocycles. The lowest BCUT2D eigenvalue weighted by Crippen LogP contribution is -1.77. The Hall–Kier alpha value is -1.51. The van der Waals surface area contributed by atoms with Crippen LogP contribution in [0.1, 0.15) is 19.4 Å². The molecular weight excluding hydrogens is 154 g/mol. The molecule has 0 saturated heterocycles. The van der Waals surface area contributed by atoms with Crippen molar-refractivity contribution in [1.29, 1.82) is 0 Å². The first-order valence-electron chi connectivity index (χ1n) is 3.79. The van der Waals surface area contributed by atoms with Gasteiger partial charge in [0.2, 0.25) is 0 Å². The van der Waals surface area contributed by atoms with Crippen LogP contribution in [0.4, 0.5) is 0 Å². The van der Waals surface area contributed by atoms with Crippen molar-refractivity contribution in [2.24, 2.45) is 5.16 Å². The van der Waals surface area contributed by atoms with Gasteiger partial charge in [-0.15, -0.1) is 0 Å². The summed E-state index contributed by atoms with van der Waals surface area (Å²) in [4.78, 5) is 0. The molecule has 0 aliphatic heterocycles. The molecule has 0 bridgehead atoms. The van der Waals surface area contributed by atoms with Crippen molar-refractivity contribution >= 4 is 6.21 Å². The Morgan fingerprint density at radius 1 is 1.17 bits per heavy atom. The van der Waals surface area contributed by atoms with Crippen molar-refractivity contribution in [2.45, 2.75) is 13.8 Å². The molecule has 0 saturated carbocycles. The van der Waals surface area contributed by atoms with Crippen LogP contribution in [0.3, 0.4) is 0 Å². The number of nitrogens with zero attached hydrogens (tertiary/aromatic N) is 1. The Labute approximate surface area is 72.0 Å². The highest BCUT2D eigenvalue weighted by atomic mass is 16.4. The second kappa shape index (κ2) is 6.22. The van der Waals surface area contributed by atoms with Gasteiger partial charge in [0.25, 0.3) is 0 Å². The maximum absolute atomic E-state index is 8.82. The van der Waals surface area contributed by atoms with Crippen molar-refractivity contribution in [2.75, 3.05) is 0 Å². The SMILES string of the molecule is CC.O/N=C/c1ccc(O)cc1. The van der Waals surface area contributed by atoms with Gasteiger partial charge >= 0.3 is 0 Å². The molecule has 3 heteroatoms. The number of rotatable bonds is 1. The number of benzene rings is 1. The van der Waals surface area contributed by atoms with Gasteiger partial charge in [-0.1, -0.05) is 19.0 Å². The molecule has 0 amide bonds. The van der Waals surface area contributed by atoms with E-state index >= 15 is 0 Å². The molecule has 0 unspecified atom stereocenters. The second-order valence-corrected chi connectivity index (χ2v) is 1.84. The molecule has 1 aromatic carbocycles. The van der Waals surface area contributed by atoms with Crippen LogP contribution < -0.4 is 0 Å². The van der Waals surface area contributed by atoms with E-state index in [2.05, 4.69) is 5.16 Å². The quantitative estimate of drug-likeness (QED) is 0.383. The highest BCUT2D eigenvalue weighted by Crippen LogP contribution is 2.07. The predicted octanol–water partition coefficient (Wildman–Crippen LogP) is 2.23. The van der Waals surface area contributed by atoms with E-state index in [4.69, 9.17) is 10.3 Å². The first kappa shape index (κ1) is 10.5. The van der Waals surface area contributed by atoms with Gasteiger partial charge in [0.15, 0.2) is 0 Å². The Morgan fingerprint density at radius 3 is 2.08 bits per heavy atom. The molecule has 12 heavy (non-hydrogen) atoms. The first-order valence-corrected chi connectivity index (χ1v) is 3.79. The van der Waals surface area contributed by atoms with Crippen LogP contribution in [0, 0.1) is 0 Å². The van der Waals surface area contributed by atoms with E-state index < -0.39 is 0 Å². The Kier molecular flexibility index (Phi) is 5.43. The summed E-state index contributed by atoms with van der Waals surface area (Å²) in [6.45, 7) is 4.00. The number of hydrogen-bond donors (Lipinski definition) is 2. The lowest BCUT2D eigenvalue weighted by Gasteiger charge is -1.90. The van der Waals surface area contributed by atoms with Gasteiger partial charge in [-0.2, -0.15) is 0 Å². The van der Waals surface area contributed by atoms with Crippen LogP contribution in [-0.2, 0) is 0 Å². The molecular formula is C9H13NO2. The number of hydrogen-bond acceptors (Lipinski definition) is 3. The van der Waals surface area contributed by atoms with Crippen molar-refractivity contribution in [3.8, 4) is 5.75 Å². The number of aromatic hydroxyl groups is 1. The molecule has 0 fully saturated rings. The average molecular weight is 167 g/mol. The van der Waals surface area contributed by atoms with Crippen LogP contribution in [0.5, 0.6) is 5.75 Å². The number of phenols is 1. The fourth-order valence-electron chi connectivity index (χ4n) is 0.627. The molecule has 0 heterocycles. The summed E-state index contributed by atoms with van der Waals surface area (Å²) >= 11 is 0. The predicted molar refractivity (Wildman–Crippen MR) is 48.8 cm³/mol. The molecule has 1 aromatic rings. The smallest absolute Gasteiger partial charge is 0.115 e. The summed E-state index contributed by atoms with van der Waals surface area (Å²) in [5, 5.41) is 19.7. The summed E-state index contributed by atoms with van der Waals surface area (Å²) in [6.07, 6.45) is 1.29. The van der Waals surface area contributed by atoms with E-state index in [1.54, 1.807) is 12.1 Å². The summed E-state index contributed by atoms with van der Waals surface area (Å²) in [5.74, 6) is 0.204. The van der Waals surface area contributed by atoms with Gasteiger partial charge in [-0.25, -0.2) is 0 Å². The number of phenolic OH excluding ortho intramolecular Hbond substituents is 1. The molecule has 0 atom stereocenters. The molecule has 0 aliphatic carbocycles. The molecule has 0 spiro atoms. The fourth-order valence-corrected chi connectivity index (χ4v) is 0.627. The summed E-state index contributed by atoms with van der Waals surface area (Å²) < 4.78 is 0. The molecule has 2 N–H and O–H groups in total. The first-order chi connectivity index (χ1) is 5.83. The zero-order valence-electron chi connectivity index (χ0n) is 7.23. The Balaban J connectivity index is 0.000000561. The monoisotopic (exact) mass is 167 g/mol. The van der Waals surface area contributed by atoms with Crippen LogP contribution in [0.15, 0.2) is 29.4 Å². The standard InChI is InChI=1S/C7H7NO2.C2H6/c9-7-3-1-6(2-4-7)5-8-10;1-2/h1-5,9-10H;1-2H3/b8-5+;. The summed E-state index contributed by atoms with van der Waals surface area (Å²) in [6, 6.07) is 6.35. The highest BCUT2D eigenvalue weighted by molar-refractivity contribution is 5.79. The summed E-state index contributed by atoms with van der Waals surface area (Å²) in [5.41, 5.74) is 0.750. The minimum Gasteiger partial charge on any atom is -0.508 e. The van der Waals surface area contributed by atoms with Crippen LogP contribution >= 0.6 is 0 Å². The van der Waals surface area contributed by atoms with Gasteiger partial charge in [-0.05, 0) is 29.8 Å². The maximum Gasteiger partial charge on any atom is 0.115 e. The van der Waals surface area contributed by atoms with Crippen molar-refractivity contribution in [3.05, 3.63) is 29.8 Å². The van der Waals surface area contributed by atoms with Gasteiger partial charge in [0.05, 0.1) is 6.21 Å². The Bertz CT molecular complexity index is 229. The normalized spacial score (nSPS) is 9.17. The third-order valence-electron chi connectivity index (χ3n) is 1.10. The average Bonchev–Trinajstić information content (AvgIpc) is 2.13. The van der Waals surface area contributed by atoms with Crippen molar-refractivity contribution < 1.29 is 10.3 Å². The van der Waals surface area contributed by atoms with E-state index in [0.29, 0.717) is 0 Å². The molecule has 1 rings (SSSR count). The molecule has 0 radical (unpaired) electrons. The molecule has 0 aliphatic rings. The lowest BCUT2D eigenvalue weighted by molar-refractivity contribution is 0.322. The van der Waals surface area contributed by atoms with Crippen LogP contribution in [-0.4, -0.2) is 16.5 Å². The van der Waals surface area contributed by atoms with Gasteiger partial charge in [0.1, 0.15) is 5.75 Å². The molecule has 66 valence electrons. The van der Waals surface area contributed by atoms with Gasteiger partial charge < -0.3 is 10.3 Å². The lowest BCUT2D eigenvalue weighted by atomic mass is 10.2. The topological polar surface area (TPSA) is 52.8 Å². The van der Waals surface area contributed by atoms with E-state index in [-0.39, 0.29) is 5.75 Å². The fraction of sp³-hybridized carbons (Fsp3) is 0.222. The third-order valence-corrected chi connectivity index (χ3v) is 1.10.